The summed E-state index contributed by atoms with van der Waals surface area (Å²) in [5, 5.41) is 3.82. The number of carbonyl (C=O) groups excluding carboxylic acids is 1. The van der Waals surface area contributed by atoms with Gasteiger partial charge in [0.2, 0.25) is 5.89 Å². The fourth-order valence-corrected chi connectivity index (χ4v) is 4.49. The highest BCUT2D eigenvalue weighted by molar-refractivity contribution is 7.92. The molecule has 0 aliphatic carbocycles. The number of aromatic nitrogens is 2. The fourth-order valence-electron chi connectivity index (χ4n) is 3.28. The number of benzene rings is 2. The van der Waals surface area contributed by atoms with Crippen LogP contribution in [0.5, 0.6) is 11.5 Å². The van der Waals surface area contributed by atoms with Crippen LogP contribution >= 0.6 is 0 Å². The number of amides is 1. The van der Waals surface area contributed by atoms with E-state index in [1.165, 1.54) is 34.5 Å². The van der Waals surface area contributed by atoms with Crippen molar-refractivity contribution >= 4 is 27.3 Å². The van der Waals surface area contributed by atoms with E-state index in [1.54, 1.807) is 31.2 Å². The van der Waals surface area contributed by atoms with Crippen molar-refractivity contribution in [2.75, 3.05) is 29.5 Å². The molecule has 0 fully saturated rings. The van der Waals surface area contributed by atoms with Crippen molar-refractivity contribution in [3.05, 3.63) is 54.2 Å². The summed E-state index contributed by atoms with van der Waals surface area (Å²) in [6, 6.07) is 11.1. The predicted molar refractivity (Wildman–Crippen MR) is 115 cm³/mol. The number of hydrogen-bond acceptors (Lipinski definition) is 8. The molecule has 1 aliphatic heterocycles. The van der Waals surface area contributed by atoms with Crippen LogP contribution in [0, 0.1) is 6.92 Å². The molecule has 1 aliphatic rings. The van der Waals surface area contributed by atoms with Crippen LogP contribution in [0.2, 0.25) is 0 Å². The SMILES string of the molecule is CCOc1ccc(N(C)S(=O)(=O)c2ccc3c(c2)N(Cc2noc(C)n2)C(=O)CO3)cc1. The zero-order valence-electron chi connectivity index (χ0n) is 17.8. The third kappa shape index (κ3) is 4.11. The van der Waals surface area contributed by atoms with Gasteiger partial charge < -0.3 is 14.0 Å². The second-order valence-corrected chi connectivity index (χ2v) is 9.00. The zero-order valence-corrected chi connectivity index (χ0v) is 18.6. The molecule has 0 saturated carbocycles. The van der Waals surface area contributed by atoms with Crippen molar-refractivity contribution in [2.24, 2.45) is 0 Å². The minimum Gasteiger partial charge on any atom is -0.494 e. The van der Waals surface area contributed by atoms with Crippen LogP contribution in [0.3, 0.4) is 0 Å². The fraction of sp³-hybridized carbons (Fsp3) is 0.286. The molecule has 0 spiro atoms. The number of ether oxygens (including phenoxy) is 2. The van der Waals surface area contributed by atoms with Crippen LogP contribution < -0.4 is 18.7 Å². The topological polar surface area (TPSA) is 115 Å². The van der Waals surface area contributed by atoms with Crippen molar-refractivity contribution in [1.82, 2.24) is 10.1 Å². The second-order valence-electron chi connectivity index (χ2n) is 7.03. The second kappa shape index (κ2) is 8.50. The van der Waals surface area contributed by atoms with Crippen LogP contribution in [0.25, 0.3) is 0 Å². The van der Waals surface area contributed by atoms with E-state index in [9.17, 15) is 13.2 Å². The van der Waals surface area contributed by atoms with Crippen LogP contribution in [0.1, 0.15) is 18.6 Å². The summed E-state index contributed by atoms with van der Waals surface area (Å²) in [5.41, 5.74) is 0.794. The normalized spacial score (nSPS) is 13.5. The summed E-state index contributed by atoms with van der Waals surface area (Å²) in [7, 11) is -2.45. The van der Waals surface area contributed by atoms with Gasteiger partial charge in [0, 0.05) is 14.0 Å². The molecule has 1 aromatic heterocycles. The lowest BCUT2D eigenvalue weighted by molar-refractivity contribution is -0.121. The maximum absolute atomic E-state index is 13.3. The van der Waals surface area contributed by atoms with Crippen molar-refractivity contribution in [1.29, 1.82) is 0 Å². The van der Waals surface area contributed by atoms with Crippen molar-refractivity contribution in [3.63, 3.8) is 0 Å². The number of hydrogen-bond donors (Lipinski definition) is 0. The van der Waals surface area contributed by atoms with Gasteiger partial charge in [-0.25, -0.2) is 8.42 Å². The average molecular weight is 458 g/mol. The van der Waals surface area contributed by atoms with E-state index in [-0.39, 0.29) is 24.0 Å². The third-order valence-electron chi connectivity index (χ3n) is 4.91. The molecule has 0 unspecified atom stereocenters. The highest BCUT2D eigenvalue weighted by Crippen LogP contribution is 2.36. The molecule has 1 amide bonds. The Hall–Kier alpha value is -3.60. The van der Waals surface area contributed by atoms with E-state index in [4.69, 9.17) is 14.0 Å². The Morgan fingerprint density at radius 2 is 1.94 bits per heavy atom. The molecule has 10 nitrogen and oxygen atoms in total. The number of sulfonamides is 1. The maximum atomic E-state index is 13.3. The van der Waals surface area contributed by atoms with Gasteiger partial charge in [0.15, 0.2) is 12.4 Å². The largest absolute Gasteiger partial charge is 0.494 e. The van der Waals surface area contributed by atoms with Gasteiger partial charge in [-0.15, -0.1) is 0 Å². The quantitative estimate of drug-likeness (QED) is 0.530. The van der Waals surface area contributed by atoms with Crippen LogP contribution in [0.15, 0.2) is 51.9 Å². The molecule has 168 valence electrons. The van der Waals surface area contributed by atoms with Gasteiger partial charge in [-0.2, -0.15) is 4.98 Å². The first-order valence-electron chi connectivity index (χ1n) is 9.88. The van der Waals surface area contributed by atoms with Gasteiger partial charge in [0.25, 0.3) is 15.9 Å². The van der Waals surface area contributed by atoms with Gasteiger partial charge in [0.05, 0.1) is 29.4 Å². The molecule has 0 saturated heterocycles. The Balaban J connectivity index is 1.66. The summed E-state index contributed by atoms with van der Waals surface area (Å²) >= 11 is 0. The lowest BCUT2D eigenvalue weighted by Crippen LogP contribution is -2.38. The van der Waals surface area contributed by atoms with Crippen LogP contribution in [0.4, 0.5) is 11.4 Å². The first-order valence-corrected chi connectivity index (χ1v) is 11.3. The lowest BCUT2D eigenvalue weighted by atomic mass is 10.2. The Labute approximate surface area is 185 Å². The Bertz CT molecular complexity index is 1240. The molecule has 0 N–H and O–H groups in total. The molecular formula is C21H22N4O6S. The highest BCUT2D eigenvalue weighted by Gasteiger charge is 2.30. The summed E-state index contributed by atoms with van der Waals surface area (Å²) in [5.74, 6) is 1.39. The summed E-state index contributed by atoms with van der Waals surface area (Å²) < 4.78 is 43.6. The molecule has 2 aromatic carbocycles. The van der Waals surface area contributed by atoms with E-state index in [2.05, 4.69) is 10.1 Å². The smallest absolute Gasteiger partial charge is 0.265 e. The van der Waals surface area contributed by atoms with E-state index < -0.39 is 10.0 Å². The molecule has 0 atom stereocenters. The first-order chi connectivity index (χ1) is 15.3. The summed E-state index contributed by atoms with van der Waals surface area (Å²) in [4.78, 5) is 18.0. The molecule has 0 radical (unpaired) electrons. The first kappa shape index (κ1) is 21.6. The predicted octanol–water partition coefficient (Wildman–Crippen LogP) is 2.53. The molecular weight excluding hydrogens is 436 g/mol. The van der Waals surface area contributed by atoms with E-state index >= 15 is 0 Å². The Morgan fingerprint density at radius 1 is 1.19 bits per heavy atom. The van der Waals surface area contributed by atoms with E-state index in [0.29, 0.717) is 41.2 Å². The number of carbonyl (C=O) groups is 1. The van der Waals surface area contributed by atoms with E-state index in [1.807, 2.05) is 6.92 Å². The lowest BCUT2D eigenvalue weighted by Gasteiger charge is -2.29. The minimum absolute atomic E-state index is 0.0141. The van der Waals surface area contributed by atoms with Crippen molar-refractivity contribution < 1.29 is 27.2 Å². The van der Waals surface area contributed by atoms with E-state index in [0.717, 1.165) is 0 Å². The maximum Gasteiger partial charge on any atom is 0.265 e. The standard InChI is InChI=1S/C21H22N4O6S/c1-4-29-16-7-5-15(6-8-16)24(3)32(27,28)17-9-10-19-18(11-17)25(21(26)13-30-19)12-20-22-14(2)31-23-20/h5-11H,4,12-13H2,1-3H3. The highest BCUT2D eigenvalue weighted by atomic mass is 32.2. The van der Waals surface area contributed by atoms with Gasteiger partial charge in [-0.1, -0.05) is 5.16 Å². The zero-order chi connectivity index (χ0) is 22.9. The third-order valence-corrected chi connectivity index (χ3v) is 6.69. The molecule has 3 aromatic rings. The Morgan fingerprint density at radius 3 is 2.59 bits per heavy atom. The molecule has 11 heteroatoms. The van der Waals surface area contributed by atoms with Crippen LogP contribution in [-0.2, 0) is 21.4 Å². The molecule has 32 heavy (non-hydrogen) atoms. The monoisotopic (exact) mass is 458 g/mol. The van der Waals surface area contributed by atoms with Gasteiger partial charge in [0.1, 0.15) is 11.5 Å². The van der Waals surface area contributed by atoms with Gasteiger partial charge in [-0.05, 0) is 49.4 Å². The average Bonchev–Trinajstić information content (AvgIpc) is 3.20. The minimum atomic E-state index is -3.91. The number of fused-ring (bicyclic) bond motifs is 1. The molecule has 4 rings (SSSR count). The van der Waals surface area contributed by atoms with Crippen molar-refractivity contribution in [2.45, 2.75) is 25.3 Å². The number of anilines is 2. The molecule has 0 bridgehead atoms. The number of rotatable bonds is 7. The summed E-state index contributed by atoms with van der Waals surface area (Å²) in [6.45, 7) is 3.90. The van der Waals surface area contributed by atoms with Crippen LogP contribution in [-0.4, -0.2) is 44.7 Å². The Kier molecular flexibility index (Phi) is 5.74. The molecule has 2 heterocycles. The summed E-state index contributed by atoms with van der Waals surface area (Å²) in [6.07, 6.45) is 0. The van der Waals surface area contributed by atoms with Gasteiger partial charge >= 0.3 is 0 Å². The number of nitrogens with zero attached hydrogens (tertiary/aromatic N) is 4. The number of aryl methyl sites for hydroxylation is 1. The van der Waals surface area contributed by atoms with Crippen molar-refractivity contribution in [3.8, 4) is 11.5 Å². The van der Waals surface area contributed by atoms with Gasteiger partial charge in [-0.3, -0.25) is 14.0 Å².